The molecule has 2 aromatic rings. The smallest absolute Gasteiger partial charge is 0.298 e. The molecule has 6 heteroatoms. The van der Waals surface area contributed by atoms with Crippen LogP contribution in [-0.4, -0.2) is 21.4 Å². The van der Waals surface area contributed by atoms with Gasteiger partial charge in [0.1, 0.15) is 4.90 Å². The summed E-state index contributed by atoms with van der Waals surface area (Å²) in [5.41, 5.74) is 2.18. The molecule has 5 nitrogen and oxygen atoms in total. The number of rotatable bonds is 8. The van der Waals surface area contributed by atoms with Crippen LogP contribution < -0.4 is 5.32 Å². The summed E-state index contributed by atoms with van der Waals surface area (Å²) in [5, 5.41) is 2.70. The summed E-state index contributed by atoms with van der Waals surface area (Å²) < 4.78 is 28.8. The molecule has 0 spiro atoms. The lowest BCUT2D eigenvalue weighted by Crippen LogP contribution is -2.26. The van der Waals surface area contributed by atoms with Gasteiger partial charge in [-0.25, -0.2) is 0 Å². The van der Waals surface area contributed by atoms with Crippen LogP contribution in [0.1, 0.15) is 76.2 Å². The quantitative estimate of drug-likeness (QED) is 0.489. The van der Waals surface area contributed by atoms with E-state index in [1.54, 1.807) is 30.3 Å². The van der Waals surface area contributed by atoms with Crippen molar-refractivity contribution >= 4 is 21.7 Å². The van der Waals surface area contributed by atoms with E-state index < -0.39 is 10.1 Å². The highest BCUT2D eigenvalue weighted by Gasteiger charge is 2.32. The van der Waals surface area contributed by atoms with Crippen LogP contribution in [-0.2, 0) is 14.3 Å². The molecule has 0 saturated carbocycles. The number of hydrogen-bond donors (Lipinski definition) is 1. The van der Waals surface area contributed by atoms with Gasteiger partial charge in [0.15, 0.2) is 0 Å². The summed E-state index contributed by atoms with van der Waals surface area (Å²) in [7, 11) is -2.83. The lowest BCUT2D eigenvalue weighted by Gasteiger charge is -2.38. The second-order valence-corrected chi connectivity index (χ2v) is 11.5. The van der Waals surface area contributed by atoms with Crippen molar-refractivity contribution in [2.24, 2.45) is 10.8 Å². The molecule has 0 bridgehead atoms. The number of amides is 1. The highest BCUT2D eigenvalue weighted by molar-refractivity contribution is 7.87. The van der Waals surface area contributed by atoms with Gasteiger partial charge < -0.3 is 5.32 Å². The number of para-hydroxylation sites is 1. The highest BCUT2D eigenvalue weighted by Crippen LogP contribution is 2.45. The van der Waals surface area contributed by atoms with Crippen molar-refractivity contribution in [2.75, 3.05) is 12.4 Å². The van der Waals surface area contributed by atoms with Crippen molar-refractivity contribution in [1.82, 2.24) is 0 Å². The van der Waals surface area contributed by atoms with Crippen molar-refractivity contribution in [3.05, 3.63) is 59.7 Å². The zero-order valence-corrected chi connectivity index (χ0v) is 20.5. The molecule has 0 aliphatic heterocycles. The van der Waals surface area contributed by atoms with Crippen molar-refractivity contribution in [1.29, 1.82) is 0 Å². The highest BCUT2D eigenvalue weighted by atomic mass is 32.2. The Bertz CT molecular complexity index is 1000. The average molecular weight is 446 g/mol. The fourth-order valence-electron chi connectivity index (χ4n) is 3.64. The third kappa shape index (κ3) is 6.40. The molecule has 31 heavy (non-hydrogen) atoms. The lowest BCUT2D eigenvalue weighted by molar-refractivity contribution is 0.102. The average Bonchev–Trinajstić information content (AvgIpc) is 2.71. The predicted octanol–water partition coefficient (Wildman–Crippen LogP) is 6.23. The zero-order valence-electron chi connectivity index (χ0n) is 19.7. The molecule has 0 saturated heterocycles. The molecule has 2 aromatic carbocycles. The Morgan fingerprint density at radius 2 is 1.58 bits per heavy atom. The fourth-order valence-corrected chi connectivity index (χ4v) is 4.46. The molecule has 0 heterocycles. The second kappa shape index (κ2) is 9.53. The maximum Gasteiger partial charge on any atom is 0.298 e. The molecule has 0 fully saturated rings. The van der Waals surface area contributed by atoms with E-state index in [1.807, 2.05) is 12.1 Å². The molecule has 1 atom stereocenters. The van der Waals surface area contributed by atoms with E-state index in [0.29, 0.717) is 11.5 Å². The SMILES string of the molecule is CCC(C)(C)C(CC(C)(C)C)c1ccc(C(=O)Nc2ccccc2S(=O)(=O)OC)cc1. The van der Waals surface area contributed by atoms with Gasteiger partial charge in [0, 0.05) is 5.56 Å². The Kier molecular flexibility index (Phi) is 7.71. The Labute approximate surface area is 187 Å². The first-order valence-corrected chi connectivity index (χ1v) is 12.0. The Hall–Kier alpha value is -2.18. The summed E-state index contributed by atoms with van der Waals surface area (Å²) >= 11 is 0. The van der Waals surface area contributed by atoms with E-state index in [9.17, 15) is 13.2 Å². The van der Waals surface area contributed by atoms with Gasteiger partial charge in [0.2, 0.25) is 0 Å². The van der Waals surface area contributed by atoms with Gasteiger partial charge in [-0.2, -0.15) is 8.42 Å². The first-order chi connectivity index (χ1) is 14.3. The van der Waals surface area contributed by atoms with Gasteiger partial charge in [0.25, 0.3) is 16.0 Å². The largest absolute Gasteiger partial charge is 0.321 e. The number of hydrogen-bond acceptors (Lipinski definition) is 4. The number of nitrogens with one attached hydrogen (secondary N) is 1. The van der Waals surface area contributed by atoms with Crippen LogP contribution in [0, 0.1) is 10.8 Å². The van der Waals surface area contributed by atoms with Crippen LogP contribution in [0.4, 0.5) is 5.69 Å². The van der Waals surface area contributed by atoms with Crippen molar-refractivity contribution in [2.45, 2.75) is 65.2 Å². The minimum Gasteiger partial charge on any atom is -0.321 e. The maximum absolute atomic E-state index is 12.8. The number of carbonyl (C=O) groups excluding carboxylic acids is 1. The van der Waals surface area contributed by atoms with Gasteiger partial charge in [-0.15, -0.1) is 0 Å². The van der Waals surface area contributed by atoms with E-state index in [4.69, 9.17) is 0 Å². The fraction of sp³-hybridized carbons (Fsp3) is 0.480. The summed E-state index contributed by atoms with van der Waals surface area (Å²) in [4.78, 5) is 12.7. The first kappa shape index (κ1) is 25.1. The molecular weight excluding hydrogens is 410 g/mol. The Morgan fingerprint density at radius 3 is 2.10 bits per heavy atom. The Balaban J connectivity index is 2.30. The summed E-state index contributed by atoms with van der Waals surface area (Å²) in [5.74, 6) is -0.00499. The van der Waals surface area contributed by atoms with Crippen molar-refractivity contribution in [3.8, 4) is 0 Å². The number of benzene rings is 2. The molecule has 0 aromatic heterocycles. The molecule has 170 valence electrons. The Morgan fingerprint density at radius 1 is 1.00 bits per heavy atom. The number of anilines is 1. The topological polar surface area (TPSA) is 72.5 Å². The van der Waals surface area contributed by atoms with Crippen LogP contribution in [0.5, 0.6) is 0 Å². The minimum absolute atomic E-state index is 0.0718. The normalized spacial score (nSPS) is 13.6. The van der Waals surface area contributed by atoms with Crippen molar-refractivity contribution in [3.63, 3.8) is 0 Å². The van der Waals surface area contributed by atoms with Crippen LogP contribution in [0.3, 0.4) is 0 Å². The van der Waals surface area contributed by atoms with Gasteiger partial charge in [0.05, 0.1) is 12.8 Å². The molecule has 1 unspecified atom stereocenters. The molecule has 0 radical (unpaired) electrons. The van der Waals surface area contributed by atoms with Gasteiger partial charge in [-0.3, -0.25) is 8.98 Å². The molecule has 0 aliphatic carbocycles. The molecule has 1 N–H and O–H groups in total. The monoisotopic (exact) mass is 445 g/mol. The summed E-state index contributed by atoms with van der Waals surface area (Å²) in [6.45, 7) is 13.5. The lowest BCUT2D eigenvalue weighted by atomic mass is 9.67. The second-order valence-electron chi connectivity index (χ2n) is 9.85. The predicted molar refractivity (Wildman–Crippen MR) is 126 cm³/mol. The van der Waals surface area contributed by atoms with E-state index in [2.05, 4.69) is 51.0 Å². The van der Waals surface area contributed by atoms with Crippen LogP contribution in [0.25, 0.3) is 0 Å². The molecule has 2 rings (SSSR count). The van der Waals surface area contributed by atoms with E-state index in [-0.39, 0.29) is 27.3 Å². The molecule has 1 amide bonds. The maximum atomic E-state index is 12.8. The van der Waals surface area contributed by atoms with E-state index in [1.165, 1.54) is 11.6 Å². The zero-order chi connectivity index (χ0) is 23.4. The summed E-state index contributed by atoms with van der Waals surface area (Å²) in [6.07, 6.45) is 2.10. The molecular formula is C25H35NO4S. The van der Waals surface area contributed by atoms with Gasteiger partial charge >= 0.3 is 0 Å². The van der Waals surface area contributed by atoms with Gasteiger partial charge in [-0.1, -0.05) is 72.2 Å². The van der Waals surface area contributed by atoms with Crippen LogP contribution >= 0.6 is 0 Å². The first-order valence-electron chi connectivity index (χ1n) is 10.6. The van der Waals surface area contributed by atoms with E-state index >= 15 is 0 Å². The number of carbonyl (C=O) groups is 1. The molecule has 0 aliphatic rings. The third-order valence-corrected chi connectivity index (χ3v) is 7.20. The van der Waals surface area contributed by atoms with Crippen molar-refractivity contribution < 1.29 is 17.4 Å². The van der Waals surface area contributed by atoms with Crippen LogP contribution in [0.2, 0.25) is 0 Å². The minimum atomic E-state index is -3.93. The summed E-state index contributed by atoms with van der Waals surface area (Å²) in [6, 6.07) is 13.8. The van der Waals surface area contributed by atoms with Gasteiger partial charge in [-0.05, 0) is 53.0 Å². The third-order valence-electron chi connectivity index (χ3n) is 5.87. The van der Waals surface area contributed by atoms with Crippen LogP contribution in [0.15, 0.2) is 53.4 Å². The van der Waals surface area contributed by atoms with E-state index in [0.717, 1.165) is 20.0 Å². The standard InChI is InChI=1S/C25H35NO4S/c1-8-25(5,6)20(17-24(2,3)4)18-13-15-19(16-14-18)23(27)26-21-11-9-10-12-22(21)31(28,29)30-7/h9-16,20H,8,17H2,1-7H3,(H,26,27).